The number of hydrogen-bond acceptors (Lipinski definition) is 7. The van der Waals surface area contributed by atoms with Crippen molar-refractivity contribution in [2.75, 3.05) is 7.11 Å². The normalized spacial score (nSPS) is 16.3. The average molecular weight is 419 g/mol. The molecule has 0 fully saturated rings. The lowest BCUT2D eigenvalue weighted by atomic mass is 9.89. The molecule has 1 atom stereocenters. The predicted octanol–water partition coefficient (Wildman–Crippen LogP) is 4.27. The predicted molar refractivity (Wildman–Crippen MR) is 110 cm³/mol. The molecular weight excluding hydrogens is 396 g/mol. The first-order valence-corrected chi connectivity index (χ1v) is 11.2. The van der Waals surface area contributed by atoms with Crippen LogP contribution in [0.2, 0.25) is 0 Å². The van der Waals surface area contributed by atoms with E-state index in [0.717, 1.165) is 29.5 Å². The first-order chi connectivity index (χ1) is 13.5. The number of thiophene rings is 1. The van der Waals surface area contributed by atoms with E-state index in [1.54, 1.807) is 28.0 Å². The van der Waals surface area contributed by atoms with Crippen molar-refractivity contribution in [3.63, 3.8) is 0 Å². The van der Waals surface area contributed by atoms with Gasteiger partial charge in [0.25, 0.3) is 5.56 Å². The van der Waals surface area contributed by atoms with E-state index < -0.39 is 5.97 Å². The fourth-order valence-corrected chi connectivity index (χ4v) is 5.98. The number of rotatable bonds is 5. The summed E-state index contributed by atoms with van der Waals surface area (Å²) >= 11 is 3.11. The number of aryl methyl sites for hydroxylation is 1. The van der Waals surface area contributed by atoms with Gasteiger partial charge in [0.2, 0.25) is 5.76 Å². The van der Waals surface area contributed by atoms with E-state index >= 15 is 0 Å². The summed E-state index contributed by atoms with van der Waals surface area (Å²) < 4.78 is 11.9. The first kappa shape index (κ1) is 19.3. The van der Waals surface area contributed by atoms with Gasteiger partial charge in [-0.15, -0.1) is 11.3 Å². The van der Waals surface area contributed by atoms with E-state index in [1.165, 1.54) is 29.3 Å². The molecule has 0 unspecified atom stereocenters. The molecule has 28 heavy (non-hydrogen) atoms. The molecule has 6 nitrogen and oxygen atoms in total. The monoisotopic (exact) mass is 418 g/mol. The Morgan fingerprint density at radius 3 is 3.04 bits per heavy atom. The topological polar surface area (TPSA) is 74.3 Å². The van der Waals surface area contributed by atoms with E-state index in [-0.39, 0.29) is 11.3 Å². The fourth-order valence-electron chi connectivity index (χ4n) is 3.60. The van der Waals surface area contributed by atoms with Crippen LogP contribution in [0.25, 0.3) is 10.2 Å². The third kappa shape index (κ3) is 3.39. The van der Waals surface area contributed by atoms with Gasteiger partial charge >= 0.3 is 5.97 Å². The Morgan fingerprint density at radius 1 is 1.46 bits per heavy atom. The van der Waals surface area contributed by atoms with Gasteiger partial charge in [-0.05, 0) is 49.8 Å². The summed E-state index contributed by atoms with van der Waals surface area (Å²) in [4.78, 5) is 31.7. The van der Waals surface area contributed by atoms with E-state index in [1.807, 2.05) is 6.92 Å². The Balaban J connectivity index is 1.66. The van der Waals surface area contributed by atoms with Crippen LogP contribution in [0.3, 0.4) is 0 Å². The van der Waals surface area contributed by atoms with Crippen molar-refractivity contribution in [3.8, 4) is 0 Å². The van der Waals surface area contributed by atoms with Crippen molar-refractivity contribution in [2.24, 2.45) is 5.92 Å². The molecule has 0 radical (unpaired) electrons. The zero-order valence-corrected chi connectivity index (χ0v) is 17.7. The van der Waals surface area contributed by atoms with Crippen LogP contribution in [-0.2, 0) is 29.9 Å². The first-order valence-electron chi connectivity index (χ1n) is 9.36. The highest BCUT2D eigenvalue weighted by molar-refractivity contribution is 7.98. The molecule has 0 saturated heterocycles. The summed E-state index contributed by atoms with van der Waals surface area (Å²) in [5, 5.41) is 1.49. The number of thioether (sulfide) groups is 1. The lowest BCUT2D eigenvalue weighted by Gasteiger charge is -2.17. The molecule has 3 aromatic heterocycles. The largest absolute Gasteiger partial charge is 0.463 e. The quantitative estimate of drug-likeness (QED) is 0.350. The van der Waals surface area contributed by atoms with E-state index in [0.29, 0.717) is 29.1 Å². The second kappa shape index (κ2) is 7.75. The van der Waals surface area contributed by atoms with Crippen LogP contribution in [0.4, 0.5) is 0 Å². The van der Waals surface area contributed by atoms with Crippen molar-refractivity contribution in [3.05, 3.63) is 44.4 Å². The number of furan rings is 1. The third-order valence-electron chi connectivity index (χ3n) is 5.09. The van der Waals surface area contributed by atoms with E-state index in [9.17, 15) is 9.59 Å². The highest BCUT2D eigenvalue weighted by atomic mass is 32.2. The summed E-state index contributed by atoms with van der Waals surface area (Å²) in [6.45, 7) is 4.79. The maximum absolute atomic E-state index is 13.2. The SMILES string of the molecule is CCn1c(SCc2ccc(C(=O)OC)o2)nc2sc3c(c2c1=O)CC[C@@H](C)C3. The maximum Gasteiger partial charge on any atom is 0.373 e. The number of ether oxygens (including phenoxy) is 1. The molecule has 0 amide bonds. The summed E-state index contributed by atoms with van der Waals surface area (Å²) in [6.07, 6.45) is 3.13. The zero-order chi connectivity index (χ0) is 19.8. The van der Waals surface area contributed by atoms with Gasteiger partial charge in [-0.3, -0.25) is 9.36 Å². The van der Waals surface area contributed by atoms with Gasteiger partial charge in [-0.1, -0.05) is 18.7 Å². The van der Waals surface area contributed by atoms with Crippen molar-refractivity contribution < 1.29 is 13.9 Å². The molecule has 0 bridgehead atoms. The average Bonchev–Trinajstić information content (AvgIpc) is 3.29. The Labute approximate surface area is 170 Å². The van der Waals surface area contributed by atoms with Crippen molar-refractivity contribution in [1.29, 1.82) is 0 Å². The van der Waals surface area contributed by atoms with Crippen molar-refractivity contribution >= 4 is 39.3 Å². The smallest absolute Gasteiger partial charge is 0.373 e. The summed E-state index contributed by atoms with van der Waals surface area (Å²) in [5.41, 5.74) is 1.26. The highest BCUT2D eigenvalue weighted by Crippen LogP contribution is 2.36. The molecule has 1 aliphatic rings. The van der Waals surface area contributed by atoms with Gasteiger partial charge in [0.15, 0.2) is 5.16 Å². The van der Waals surface area contributed by atoms with Crippen LogP contribution < -0.4 is 5.56 Å². The third-order valence-corrected chi connectivity index (χ3v) is 7.24. The summed E-state index contributed by atoms with van der Waals surface area (Å²) in [5.74, 6) is 1.46. The molecule has 3 aromatic rings. The Morgan fingerprint density at radius 2 is 2.29 bits per heavy atom. The van der Waals surface area contributed by atoms with E-state index in [2.05, 4.69) is 11.7 Å². The Hall–Kier alpha value is -2.06. The lowest BCUT2D eigenvalue weighted by molar-refractivity contribution is 0.0563. The second-order valence-corrected chi connectivity index (χ2v) is 9.05. The van der Waals surface area contributed by atoms with Crippen molar-refractivity contribution in [1.82, 2.24) is 9.55 Å². The number of aromatic nitrogens is 2. The van der Waals surface area contributed by atoms with Gasteiger partial charge in [-0.25, -0.2) is 9.78 Å². The van der Waals surface area contributed by atoms with Crippen molar-refractivity contribution in [2.45, 2.75) is 50.6 Å². The number of carbonyl (C=O) groups excluding carboxylic acids is 1. The van der Waals surface area contributed by atoms with Crippen LogP contribution in [0.1, 0.15) is 47.0 Å². The summed E-state index contributed by atoms with van der Waals surface area (Å²) in [7, 11) is 1.32. The molecule has 0 aliphatic heterocycles. The zero-order valence-electron chi connectivity index (χ0n) is 16.1. The van der Waals surface area contributed by atoms with Crippen LogP contribution in [0.5, 0.6) is 0 Å². The molecular formula is C20H22N2O4S2. The Bertz CT molecular complexity index is 1100. The van der Waals surface area contributed by atoms with Gasteiger partial charge in [0, 0.05) is 11.4 Å². The fraction of sp³-hybridized carbons (Fsp3) is 0.450. The number of hydrogen-bond donors (Lipinski definition) is 0. The number of methoxy groups -OCH3 is 1. The summed E-state index contributed by atoms with van der Waals surface area (Å²) in [6, 6.07) is 3.34. The molecule has 3 heterocycles. The van der Waals surface area contributed by atoms with Crippen LogP contribution >= 0.6 is 23.1 Å². The molecule has 148 valence electrons. The minimum atomic E-state index is -0.500. The minimum absolute atomic E-state index is 0.0525. The van der Waals surface area contributed by atoms with Gasteiger partial charge in [0.1, 0.15) is 10.6 Å². The number of nitrogens with zero attached hydrogens (tertiary/aromatic N) is 2. The van der Waals surface area contributed by atoms with Gasteiger partial charge in [-0.2, -0.15) is 0 Å². The molecule has 1 aliphatic carbocycles. The highest BCUT2D eigenvalue weighted by Gasteiger charge is 2.24. The molecule has 0 N–H and O–H groups in total. The molecule has 8 heteroatoms. The van der Waals surface area contributed by atoms with Crippen LogP contribution in [-0.4, -0.2) is 22.6 Å². The van der Waals surface area contributed by atoms with Crippen LogP contribution in [0, 0.1) is 5.92 Å². The molecule has 0 aromatic carbocycles. The maximum atomic E-state index is 13.2. The Kier molecular flexibility index (Phi) is 5.33. The number of esters is 1. The minimum Gasteiger partial charge on any atom is -0.463 e. The standard InChI is InChI=1S/C20H22N2O4S2/c1-4-22-18(23)16-13-7-5-11(2)9-15(13)28-17(16)21-20(22)27-10-12-6-8-14(26-12)19(24)25-3/h6,8,11H,4-5,7,9-10H2,1-3H3/t11-/m1/s1. The second-order valence-electron chi connectivity index (χ2n) is 7.02. The molecule has 0 spiro atoms. The molecule has 4 rings (SSSR count). The number of fused-ring (bicyclic) bond motifs is 3. The van der Waals surface area contributed by atoms with Gasteiger partial charge in [0.05, 0.1) is 18.2 Å². The van der Waals surface area contributed by atoms with Crippen LogP contribution in [0.15, 0.2) is 26.5 Å². The lowest BCUT2D eigenvalue weighted by Crippen LogP contribution is -2.23. The van der Waals surface area contributed by atoms with E-state index in [4.69, 9.17) is 9.40 Å². The molecule has 0 saturated carbocycles. The van der Waals surface area contributed by atoms with Gasteiger partial charge < -0.3 is 9.15 Å². The number of carbonyl (C=O) groups is 1.